The molecule has 56 heavy (non-hydrogen) atoms. The number of benzene rings is 3. The second-order valence-electron chi connectivity index (χ2n) is 16.3. The van der Waals surface area contributed by atoms with Crippen LogP contribution in [-0.2, 0) is 34.2 Å². The molecule has 10 nitrogen and oxygen atoms in total. The van der Waals surface area contributed by atoms with Crippen LogP contribution < -0.4 is 19.7 Å². The number of fused-ring (bicyclic) bond motifs is 3. The molecule has 1 saturated carbocycles. The maximum atomic E-state index is 14.3. The van der Waals surface area contributed by atoms with Crippen molar-refractivity contribution in [2.75, 3.05) is 57.9 Å². The largest absolute Gasteiger partial charge is 0.487 e. The van der Waals surface area contributed by atoms with Gasteiger partial charge < -0.3 is 24.8 Å². The van der Waals surface area contributed by atoms with E-state index in [9.17, 15) is 18.3 Å². The van der Waals surface area contributed by atoms with E-state index in [1.54, 1.807) is 13.2 Å². The number of piperazine rings is 1. The number of sulfonamides is 1. The van der Waals surface area contributed by atoms with Gasteiger partial charge in [0, 0.05) is 63.0 Å². The molecule has 2 fully saturated rings. The van der Waals surface area contributed by atoms with Crippen molar-refractivity contribution in [1.29, 1.82) is 0 Å². The Kier molecular flexibility index (Phi) is 13.1. The zero-order valence-electron chi connectivity index (χ0n) is 32.7. The molecular weight excluding hydrogens is 748 g/mol. The predicted molar refractivity (Wildman–Crippen MR) is 222 cm³/mol. The van der Waals surface area contributed by atoms with Crippen molar-refractivity contribution in [2.45, 2.75) is 75.4 Å². The summed E-state index contributed by atoms with van der Waals surface area (Å²) in [5.74, 6) is 0.168. The summed E-state index contributed by atoms with van der Waals surface area (Å²) in [4.78, 5) is 18.8. The number of ether oxygens (including phenoxy) is 2. The number of methoxy groups -OCH3 is 1. The highest BCUT2D eigenvalue weighted by molar-refractivity contribution is 7.90. The van der Waals surface area contributed by atoms with Crippen molar-refractivity contribution in [2.24, 2.45) is 17.8 Å². The normalized spacial score (nSPS) is 29.3. The first kappa shape index (κ1) is 40.7. The Labute approximate surface area is 337 Å². The third-order valence-electron chi connectivity index (χ3n) is 12.6. The minimum absolute atomic E-state index is 0.00445. The number of nitrogens with zero attached hydrogens (tertiary/aromatic N) is 2. The first-order valence-corrected chi connectivity index (χ1v) is 22.2. The third kappa shape index (κ3) is 9.30. The highest BCUT2D eigenvalue weighted by Gasteiger charge is 2.48. The quantitative estimate of drug-likeness (QED) is 0.258. The van der Waals surface area contributed by atoms with Crippen LogP contribution in [-0.4, -0.2) is 94.2 Å². The maximum Gasteiger partial charge on any atom is 0.264 e. The topological polar surface area (TPSA) is 120 Å². The molecule has 7 rings (SSSR count). The van der Waals surface area contributed by atoms with Crippen molar-refractivity contribution < 1.29 is 27.8 Å². The number of hydrogen-bond donors (Lipinski definition) is 3. The van der Waals surface area contributed by atoms with E-state index < -0.39 is 26.8 Å². The molecule has 302 valence electrons. The van der Waals surface area contributed by atoms with Gasteiger partial charge in [-0.05, 0) is 110 Å². The second-order valence-corrected chi connectivity index (χ2v) is 18.6. The molecule has 0 radical (unpaired) electrons. The van der Waals surface area contributed by atoms with Crippen molar-refractivity contribution >= 4 is 33.2 Å². The highest BCUT2D eigenvalue weighted by atomic mass is 35.5. The molecule has 0 aromatic heterocycles. The molecule has 12 heteroatoms. The molecule has 1 amide bonds. The van der Waals surface area contributed by atoms with Crippen LogP contribution in [0.15, 0.2) is 78.9 Å². The first-order valence-electron chi connectivity index (χ1n) is 20.3. The minimum Gasteiger partial charge on any atom is -0.487 e. The van der Waals surface area contributed by atoms with Gasteiger partial charge in [0.2, 0.25) is 10.0 Å². The Morgan fingerprint density at radius 2 is 1.86 bits per heavy atom. The molecule has 4 aliphatic rings. The van der Waals surface area contributed by atoms with Crippen LogP contribution in [0.2, 0.25) is 5.02 Å². The van der Waals surface area contributed by atoms with E-state index in [2.05, 4.69) is 32.0 Å². The predicted octanol–water partition coefficient (Wildman–Crippen LogP) is 6.01. The summed E-state index contributed by atoms with van der Waals surface area (Å²) in [7, 11) is -2.33. The lowest BCUT2D eigenvalue weighted by Gasteiger charge is -2.52. The van der Waals surface area contributed by atoms with Gasteiger partial charge >= 0.3 is 0 Å². The Bertz CT molecular complexity index is 1960. The molecule has 3 aliphatic heterocycles. The van der Waals surface area contributed by atoms with Crippen LogP contribution in [0, 0.1) is 17.8 Å². The number of nitrogens with one attached hydrogen (secondary N) is 2. The van der Waals surface area contributed by atoms with E-state index in [4.69, 9.17) is 21.1 Å². The van der Waals surface area contributed by atoms with Gasteiger partial charge in [-0.15, -0.1) is 0 Å². The van der Waals surface area contributed by atoms with Crippen molar-refractivity contribution in [3.63, 3.8) is 0 Å². The average Bonchev–Trinajstić information content (AvgIpc) is 3.21. The molecule has 0 unspecified atom stereocenters. The van der Waals surface area contributed by atoms with Crippen LogP contribution in [0.3, 0.4) is 0 Å². The molecule has 6 atom stereocenters. The highest BCUT2D eigenvalue weighted by Crippen LogP contribution is 2.47. The third-order valence-corrected chi connectivity index (χ3v) is 14.7. The van der Waals surface area contributed by atoms with E-state index in [1.165, 1.54) is 5.56 Å². The van der Waals surface area contributed by atoms with E-state index in [-0.39, 0.29) is 36.5 Å². The Balaban J connectivity index is 1.30. The second kappa shape index (κ2) is 18.0. The van der Waals surface area contributed by atoms with Gasteiger partial charge in [-0.2, -0.15) is 0 Å². The number of carbonyl (C=O) groups excluding carboxylic acids is 1. The number of anilines is 1. The van der Waals surface area contributed by atoms with Crippen LogP contribution in [0.5, 0.6) is 5.75 Å². The first-order chi connectivity index (χ1) is 27.1. The number of aliphatic hydroxyl groups excluding tert-OH is 1. The van der Waals surface area contributed by atoms with Gasteiger partial charge in [0.05, 0.1) is 17.5 Å². The fourth-order valence-electron chi connectivity index (χ4n) is 9.24. The molecule has 3 N–H and O–H groups in total. The molecule has 0 spiro atoms. The molecule has 1 saturated heterocycles. The van der Waals surface area contributed by atoms with Crippen LogP contribution in [0.1, 0.15) is 66.1 Å². The monoisotopic (exact) mass is 804 g/mol. The van der Waals surface area contributed by atoms with Gasteiger partial charge in [0.15, 0.2) is 0 Å². The summed E-state index contributed by atoms with van der Waals surface area (Å²) in [5, 5.41) is 13.3. The van der Waals surface area contributed by atoms with Crippen molar-refractivity contribution in [3.8, 4) is 5.75 Å². The van der Waals surface area contributed by atoms with Gasteiger partial charge in [0.25, 0.3) is 5.91 Å². The van der Waals surface area contributed by atoms with Crippen molar-refractivity contribution in [1.82, 2.24) is 14.9 Å². The van der Waals surface area contributed by atoms with Gasteiger partial charge in [0.1, 0.15) is 18.0 Å². The Morgan fingerprint density at radius 3 is 2.62 bits per heavy atom. The lowest BCUT2D eigenvalue weighted by atomic mass is 9.63. The van der Waals surface area contributed by atoms with Crippen LogP contribution in [0.4, 0.5) is 5.69 Å². The number of amides is 1. The number of rotatable bonds is 6. The summed E-state index contributed by atoms with van der Waals surface area (Å²) >= 11 is 6.42. The summed E-state index contributed by atoms with van der Waals surface area (Å²) < 4.78 is 44.4. The molecular formula is C44H57ClN4O6S. The molecule has 3 aromatic rings. The number of carbonyl (C=O) groups is 1. The Hall–Kier alpha value is -3.45. The fourth-order valence-corrected chi connectivity index (χ4v) is 11.1. The summed E-state index contributed by atoms with van der Waals surface area (Å²) in [6, 6.07) is 20.8. The number of aliphatic hydroxyl groups is 1. The fraction of sp³-hybridized carbons (Fsp3) is 0.523. The van der Waals surface area contributed by atoms with E-state index >= 15 is 0 Å². The smallest absolute Gasteiger partial charge is 0.264 e. The number of hydrogen-bond acceptors (Lipinski definition) is 9. The standard InChI is InChI=1S/C44H57ClN4O6S/c1-31-9-8-19-44(54-2,30-48-22-20-46-38(27-48)28-50)39-17-14-35(39)26-49-21-7-6-12-33-24-37(45)16-13-36(33)29-55-41-18-15-34(25-40(41)49)43(51)47-56(52,53)42(31)23-32-10-4-3-5-11-32/h3-5,8,10-11,13,15-16,18-19,24-25,31,35,38-39,42,46,50H,6-7,9,12,14,17,20-23,26-30H2,1-2H3,(H,47,51)/b19-8+/t31-,35-,38-,39+,42+,44+/m0/s1. The van der Waals surface area contributed by atoms with Crippen LogP contribution in [0.25, 0.3) is 0 Å². The van der Waals surface area contributed by atoms with Crippen molar-refractivity contribution in [3.05, 3.63) is 106 Å². The number of allylic oxidation sites excluding steroid dienone is 1. The summed E-state index contributed by atoms with van der Waals surface area (Å²) in [6.45, 7) is 6.85. The van der Waals surface area contributed by atoms with E-state index in [1.807, 2.05) is 67.6 Å². The van der Waals surface area contributed by atoms with E-state index in [0.717, 1.165) is 75.1 Å². The maximum absolute atomic E-state index is 14.3. The zero-order chi connectivity index (χ0) is 39.3. The molecule has 1 aliphatic carbocycles. The van der Waals surface area contributed by atoms with Gasteiger partial charge in [-0.25, -0.2) is 13.1 Å². The number of halogens is 1. The summed E-state index contributed by atoms with van der Waals surface area (Å²) in [6.07, 6.45) is 9.84. The van der Waals surface area contributed by atoms with Crippen LogP contribution >= 0.6 is 11.6 Å². The molecule has 2 bridgehead atoms. The zero-order valence-corrected chi connectivity index (χ0v) is 34.2. The summed E-state index contributed by atoms with van der Waals surface area (Å²) in [5.41, 5.74) is 3.56. The van der Waals surface area contributed by atoms with Gasteiger partial charge in [-0.1, -0.05) is 67.1 Å². The average molecular weight is 805 g/mol. The number of aryl methyl sites for hydroxylation is 1. The molecule has 3 aromatic carbocycles. The van der Waals surface area contributed by atoms with Gasteiger partial charge in [-0.3, -0.25) is 9.69 Å². The Morgan fingerprint density at radius 1 is 1.02 bits per heavy atom. The molecule has 3 heterocycles. The minimum atomic E-state index is -4.13. The van der Waals surface area contributed by atoms with E-state index in [0.29, 0.717) is 42.8 Å². The lowest BCUT2D eigenvalue weighted by Crippen LogP contribution is -2.60. The lowest BCUT2D eigenvalue weighted by molar-refractivity contribution is -0.0944. The SMILES string of the molecule is CO[C@@]1(CN2CCN[C@H](CO)C2)/C=C/C[C@H](C)[C@@H](Cc2ccccc2)S(=O)(=O)NC(=O)c2ccc3c(c2)N(CCCCc2cc(Cl)ccc2CO3)C[C@@H]2CC[C@H]21.